The quantitative estimate of drug-likeness (QED) is 0.527. The van der Waals surface area contributed by atoms with E-state index < -0.39 is 12.1 Å². The van der Waals surface area contributed by atoms with E-state index in [0.29, 0.717) is 12.5 Å². The van der Waals surface area contributed by atoms with E-state index in [-0.39, 0.29) is 0 Å². The van der Waals surface area contributed by atoms with Crippen LogP contribution in [-0.4, -0.2) is 18.7 Å². The van der Waals surface area contributed by atoms with Gasteiger partial charge in [0.05, 0.1) is 12.2 Å². The molecule has 3 fully saturated rings. The fraction of sp³-hybridized carbons (Fsp3) is 1.00. The highest BCUT2D eigenvalue weighted by Crippen LogP contribution is 2.47. The average Bonchev–Trinajstić information content (AvgIpc) is 2.08. The number of hydrogen-bond acceptors (Lipinski definition) is 2. The molecule has 8 heavy (non-hydrogen) atoms. The summed E-state index contributed by atoms with van der Waals surface area (Å²) in [6.45, 7) is -0.934. The van der Waals surface area contributed by atoms with Crippen LogP contribution in [0.3, 0.4) is 0 Å². The Labute approximate surface area is 51.8 Å². The van der Waals surface area contributed by atoms with Crippen molar-refractivity contribution in [3.63, 3.8) is 0 Å². The molecule has 2 saturated heterocycles. The van der Waals surface area contributed by atoms with Crippen molar-refractivity contribution in [3.05, 3.63) is 0 Å². The minimum atomic E-state index is -1.64. The summed E-state index contributed by atoms with van der Waals surface area (Å²) < 4.78 is 19.8. The Morgan fingerprint density at radius 2 is 2.62 bits per heavy atom. The van der Waals surface area contributed by atoms with Crippen LogP contribution in [0.2, 0.25) is 0 Å². The summed E-state index contributed by atoms with van der Waals surface area (Å²) in [7, 11) is 0. The molecule has 2 heteroatoms. The van der Waals surface area contributed by atoms with Crippen molar-refractivity contribution < 1.29 is 7.48 Å². The lowest BCUT2D eigenvalue weighted by molar-refractivity contribution is 0.0106. The zero-order chi connectivity index (χ0) is 7.41. The summed E-state index contributed by atoms with van der Waals surface area (Å²) in [6, 6.07) is 0. The summed E-state index contributed by atoms with van der Waals surface area (Å²) in [5.41, 5.74) is 4.71. The van der Waals surface area contributed by atoms with Crippen LogP contribution in [0.5, 0.6) is 0 Å². The summed E-state index contributed by atoms with van der Waals surface area (Å²) in [5, 5.41) is 0. The van der Waals surface area contributed by atoms with E-state index in [2.05, 4.69) is 0 Å². The number of nitrogens with two attached hydrogens (primary N) is 1. The van der Waals surface area contributed by atoms with Gasteiger partial charge in [0.15, 0.2) is 0 Å². The van der Waals surface area contributed by atoms with Gasteiger partial charge in [0.1, 0.15) is 0 Å². The van der Waals surface area contributed by atoms with Gasteiger partial charge in [-0.05, 0) is 18.8 Å². The first kappa shape index (κ1) is 3.18. The Bertz CT molecular complexity index is 154. The van der Waals surface area contributed by atoms with Gasteiger partial charge in [-0.2, -0.15) is 0 Å². The van der Waals surface area contributed by atoms with Gasteiger partial charge in [0.25, 0.3) is 0 Å². The Morgan fingerprint density at radius 1 is 1.88 bits per heavy atom. The summed E-state index contributed by atoms with van der Waals surface area (Å²) in [4.78, 5) is 0. The highest BCUT2D eigenvalue weighted by atomic mass is 16.5. The molecule has 0 aromatic rings. The van der Waals surface area contributed by atoms with Gasteiger partial charge in [-0.15, -0.1) is 0 Å². The molecule has 2 heterocycles. The first-order valence-corrected chi connectivity index (χ1v) is 2.96. The third-order valence-corrected chi connectivity index (χ3v) is 2.10. The number of fused-ring (bicyclic) bond motifs is 1. The molecule has 0 unspecified atom stereocenters. The zero-order valence-corrected chi connectivity index (χ0v) is 4.68. The lowest BCUT2D eigenvalue weighted by atomic mass is 9.75. The number of ether oxygens (including phenoxy) is 1. The second-order valence-electron chi connectivity index (χ2n) is 2.72. The minimum absolute atomic E-state index is 0.582. The molecule has 0 spiro atoms. The van der Waals surface area contributed by atoms with Crippen molar-refractivity contribution >= 4 is 0 Å². The van der Waals surface area contributed by atoms with Crippen molar-refractivity contribution in [2.24, 2.45) is 11.7 Å². The topological polar surface area (TPSA) is 35.2 Å². The largest absolute Gasteiger partial charge is 0.373 e. The highest BCUT2D eigenvalue weighted by molar-refractivity contribution is 5.01. The molecule has 2 aliphatic heterocycles. The Balaban J connectivity index is 2.18. The Hall–Kier alpha value is -0.0800. The predicted octanol–water partition coefficient (Wildman–Crippen LogP) is 0.124. The summed E-state index contributed by atoms with van der Waals surface area (Å²) >= 11 is 0. The third kappa shape index (κ3) is 0.400. The van der Waals surface area contributed by atoms with E-state index in [1.165, 1.54) is 0 Å². The normalized spacial score (nSPS) is 56.9. The molecule has 46 valence electrons. The zero-order valence-electron chi connectivity index (χ0n) is 6.68. The van der Waals surface area contributed by atoms with Crippen LogP contribution in [0.25, 0.3) is 0 Å². The molecular weight excluding hydrogens is 102 g/mol. The van der Waals surface area contributed by atoms with Crippen molar-refractivity contribution in [1.82, 2.24) is 0 Å². The molecular formula is C6H11NO. The van der Waals surface area contributed by atoms with Gasteiger partial charge < -0.3 is 10.5 Å². The SMILES string of the molecule is [2H]C([2H])(N)C12CC(CO1)C2. The Kier molecular flexibility index (Phi) is 0.498. The van der Waals surface area contributed by atoms with Crippen LogP contribution < -0.4 is 5.73 Å². The van der Waals surface area contributed by atoms with Gasteiger partial charge in [0.2, 0.25) is 0 Å². The standard InChI is InChI=1S/C6H11NO/c7-4-6-1-5(2-6)3-8-6/h5H,1-4,7H2/i4D2. The number of rotatable bonds is 1. The number of hydrogen-bond donors (Lipinski definition) is 1. The van der Waals surface area contributed by atoms with E-state index >= 15 is 0 Å². The molecule has 0 aromatic heterocycles. The fourth-order valence-corrected chi connectivity index (χ4v) is 1.55. The molecule has 1 saturated carbocycles. The minimum Gasteiger partial charge on any atom is -0.373 e. The van der Waals surface area contributed by atoms with E-state index in [0.717, 1.165) is 12.8 Å². The van der Waals surface area contributed by atoms with E-state index in [1.807, 2.05) is 0 Å². The smallest absolute Gasteiger partial charge is 0.0811 e. The maximum atomic E-state index is 7.28. The second-order valence-corrected chi connectivity index (χ2v) is 2.72. The van der Waals surface area contributed by atoms with E-state index in [4.69, 9.17) is 13.2 Å². The highest BCUT2D eigenvalue weighted by Gasteiger charge is 2.50. The molecule has 2 N–H and O–H groups in total. The molecule has 2 nitrogen and oxygen atoms in total. The fourth-order valence-electron chi connectivity index (χ4n) is 1.55. The van der Waals surface area contributed by atoms with Gasteiger partial charge in [0, 0.05) is 9.24 Å². The predicted molar refractivity (Wildman–Crippen MR) is 30.5 cm³/mol. The molecule has 0 amide bonds. The summed E-state index contributed by atoms with van der Waals surface area (Å²) in [5.74, 6) is 0.582. The van der Waals surface area contributed by atoms with Crippen LogP contribution in [0, 0.1) is 5.92 Å². The average molecular weight is 115 g/mol. The summed E-state index contributed by atoms with van der Waals surface area (Å²) in [6.07, 6.45) is 1.63. The molecule has 3 rings (SSSR count). The third-order valence-electron chi connectivity index (χ3n) is 2.10. The van der Waals surface area contributed by atoms with Gasteiger partial charge in [-0.25, -0.2) is 0 Å². The van der Waals surface area contributed by atoms with E-state index in [1.54, 1.807) is 0 Å². The van der Waals surface area contributed by atoms with E-state index in [9.17, 15) is 0 Å². The van der Waals surface area contributed by atoms with Gasteiger partial charge >= 0.3 is 0 Å². The van der Waals surface area contributed by atoms with Crippen LogP contribution in [0.1, 0.15) is 15.6 Å². The van der Waals surface area contributed by atoms with Crippen molar-refractivity contribution in [1.29, 1.82) is 0 Å². The van der Waals surface area contributed by atoms with Crippen LogP contribution in [0.15, 0.2) is 0 Å². The van der Waals surface area contributed by atoms with Crippen LogP contribution >= 0.6 is 0 Å². The maximum Gasteiger partial charge on any atom is 0.0811 e. The first-order chi connectivity index (χ1) is 4.54. The lowest BCUT2D eigenvalue weighted by Gasteiger charge is -2.34. The van der Waals surface area contributed by atoms with Crippen molar-refractivity contribution in [2.75, 3.05) is 13.1 Å². The van der Waals surface area contributed by atoms with Crippen molar-refractivity contribution in [3.8, 4) is 0 Å². The molecule has 3 aliphatic rings. The van der Waals surface area contributed by atoms with Gasteiger partial charge in [-0.3, -0.25) is 0 Å². The molecule has 0 radical (unpaired) electrons. The maximum absolute atomic E-state index is 7.28. The van der Waals surface area contributed by atoms with Gasteiger partial charge in [-0.1, -0.05) is 0 Å². The van der Waals surface area contributed by atoms with Crippen LogP contribution in [0.4, 0.5) is 0 Å². The molecule has 1 aliphatic carbocycles. The van der Waals surface area contributed by atoms with Crippen molar-refractivity contribution in [2.45, 2.75) is 18.4 Å². The molecule has 2 bridgehead atoms. The second kappa shape index (κ2) is 1.25. The Morgan fingerprint density at radius 3 is 2.88 bits per heavy atom. The first-order valence-electron chi connectivity index (χ1n) is 3.96. The molecule has 0 atom stereocenters. The molecule has 0 aromatic carbocycles. The lowest BCUT2D eigenvalue weighted by Crippen LogP contribution is -2.43. The van der Waals surface area contributed by atoms with Crippen LogP contribution in [-0.2, 0) is 4.74 Å². The monoisotopic (exact) mass is 115 g/mol.